The lowest BCUT2D eigenvalue weighted by atomic mass is 10.3. The van der Waals surface area contributed by atoms with Crippen LogP contribution < -0.4 is 9.47 Å². The summed E-state index contributed by atoms with van der Waals surface area (Å²) in [6, 6.07) is 27.0. The van der Waals surface area contributed by atoms with Crippen molar-refractivity contribution in [3.05, 3.63) is 112 Å². The molecule has 0 aliphatic carbocycles. The zero-order chi connectivity index (χ0) is 24.9. The maximum absolute atomic E-state index is 14.1. The van der Waals surface area contributed by atoms with Gasteiger partial charge in [0.05, 0.1) is 14.5 Å². The van der Waals surface area contributed by atoms with Gasteiger partial charge in [0.15, 0.2) is 38.7 Å². The van der Waals surface area contributed by atoms with E-state index in [4.69, 9.17) is 4.74 Å². The highest BCUT2D eigenvalue weighted by Gasteiger charge is 2.29. The van der Waals surface area contributed by atoms with E-state index in [-0.39, 0.29) is 10.9 Å². The summed E-state index contributed by atoms with van der Waals surface area (Å²) < 4.78 is 64.0. The van der Waals surface area contributed by atoms with E-state index in [1.807, 2.05) is 72.8 Å². The van der Waals surface area contributed by atoms with Crippen molar-refractivity contribution < 1.29 is 31.8 Å². The van der Waals surface area contributed by atoms with Crippen molar-refractivity contribution in [2.45, 2.75) is 14.7 Å². The molecular formula is C26H16F4IO3S+. The largest absolute Gasteiger partial charge is 0.482 e. The molecule has 0 aliphatic rings. The van der Waals surface area contributed by atoms with E-state index in [1.54, 1.807) is 12.1 Å². The second-order valence-corrected chi connectivity index (χ2v) is 10.2. The van der Waals surface area contributed by atoms with E-state index >= 15 is 0 Å². The summed E-state index contributed by atoms with van der Waals surface area (Å²) in [6.07, 6.45) is 0. The van der Waals surface area contributed by atoms with E-state index in [0.717, 1.165) is 37.3 Å². The summed E-state index contributed by atoms with van der Waals surface area (Å²) in [5.74, 6) is -9.23. The minimum absolute atomic E-state index is 0.316. The summed E-state index contributed by atoms with van der Waals surface area (Å²) in [6.45, 7) is -0.698. The van der Waals surface area contributed by atoms with E-state index in [2.05, 4.69) is 4.74 Å². The molecule has 0 bridgehead atoms. The predicted octanol–water partition coefficient (Wildman–Crippen LogP) is 6.93. The molecule has 0 N–H and O–H groups in total. The second-order valence-electron chi connectivity index (χ2n) is 7.07. The number of carbonyl (C=O) groups is 1. The lowest BCUT2D eigenvalue weighted by Crippen LogP contribution is -2.20. The van der Waals surface area contributed by atoms with Crippen LogP contribution in [0.15, 0.2) is 99.6 Å². The third-order valence-electron chi connectivity index (χ3n) is 4.76. The molecule has 35 heavy (non-hydrogen) atoms. The lowest BCUT2D eigenvalue weighted by molar-refractivity contribution is -0.137. The van der Waals surface area contributed by atoms with Crippen LogP contribution in [-0.2, 0) is 15.7 Å². The van der Waals surface area contributed by atoms with Crippen LogP contribution in [0.5, 0.6) is 11.5 Å². The van der Waals surface area contributed by atoms with E-state index < -0.39 is 45.2 Å². The van der Waals surface area contributed by atoms with Gasteiger partial charge in [-0.3, -0.25) is 0 Å². The summed E-state index contributed by atoms with van der Waals surface area (Å²) >= 11 is 1.15. The third-order valence-corrected chi connectivity index (χ3v) is 7.94. The van der Waals surface area contributed by atoms with Crippen molar-refractivity contribution in [3.8, 4) is 11.5 Å². The third kappa shape index (κ3) is 5.62. The predicted molar refractivity (Wildman–Crippen MR) is 132 cm³/mol. The number of hydrogen-bond donors (Lipinski definition) is 0. The summed E-state index contributed by atoms with van der Waals surface area (Å²) in [7, 11) is -0.371. The van der Waals surface area contributed by atoms with Gasteiger partial charge in [0, 0.05) is 0 Å². The Hall–Kier alpha value is -3.05. The van der Waals surface area contributed by atoms with Gasteiger partial charge in [0.1, 0.15) is 5.75 Å². The fourth-order valence-electron chi connectivity index (χ4n) is 3.15. The molecule has 0 spiro atoms. The zero-order valence-electron chi connectivity index (χ0n) is 17.8. The average molecular weight is 611 g/mol. The molecule has 4 aromatic carbocycles. The van der Waals surface area contributed by atoms with Gasteiger partial charge in [-0.2, -0.15) is 4.39 Å². The zero-order valence-corrected chi connectivity index (χ0v) is 20.8. The highest BCUT2D eigenvalue weighted by molar-refractivity contribution is 14.1. The number of ether oxygens (including phenoxy) is 2. The fraction of sp³-hybridized carbons (Fsp3) is 0.0385. The Morgan fingerprint density at radius 1 is 0.686 bits per heavy atom. The van der Waals surface area contributed by atoms with Crippen molar-refractivity contribution in [2.24, 2.45) is 0 Å². The van der Waals surface area contributed by atoms with Gasteiger partial charge in [-0.25, -0.2) is 18.0 Å². The van der Waals surface area contributed by atoms with Gasteiger partial charge in [0.25, 0.3) is 0 Å². The molecule has 0 atom stereocenters. The van der Waals surface area contributed by atoms with Gasteiger partial charge in [-0.15, -0.1) is 0 Å². The number of rotatable bonds is 7. The van der Waals surface area contributed by atoms with Crippen LogP contribution in [0.3, 0.4) is 0 Å². The highest BCUT2D eigenvalue weighted by Crippen LogP contribution is 2.33. The molecule has 0 amide bonds. The Morgan fingerprint density at radius 3 is 1.74 bits per heavy atom. The molecular weight excluding hydrogens is 595 g/mol. The first kappa shape index (κ1) is 25.1. The number of hydrogen-bond acceptors (Lipinski definition) is 3. The molecule has 0 radical (unpaired) electrons. The molecule has 0 heterocycles. The molecule has 0 aliphatic heterocycles. The number of benzene rings is 4. The Bertz CT molecular complexity index is 1270. The smallest absolute Gasteiger partial charge is 0.349 e. The molecule has 4 aromatic rings. The van der Waals surface area contributed by atoms with Gasteiger partial charge < -0.3 is 9.47 Å². The van der Waals surface area contributed by atoms with Crippen LogP contribution >= 0.6 is 22.6 Å². The van der Waals surface area contributed by atoms with Crippen LogP contribution in [0.2, 0.25) is 0 Å². The number of carbonyl (C=O) groups excluding carboxylic acids is 1. The normalized spacial score (nSPS) is 10.9. The van der Waals surface area contributed by atoms with Crippen molar-refractivity contribution >= 4 is 39.5 Å². The minimum atomic E-state index is -1.93. The summed E-state index contributed by atoms with van der Waals surface area (Å²) in [5.41, 5.74) is 0. The standard InChI is InChI=1S/C26H16F4IO3S/c27-21-22(28)25(31)24(30)26(23(21)29)34-20(32)15-33-16-11-13-19(14-12-16)35(17-7-3-1-4-8-17)18-9-5-2-6-10-18/h1-14H,15H2/q+1. The maximum Gasteiger partial charge on any atom is 0.349 e. The SMILES string of the molecule is O=C(COc1ccc([S+](c2ccccc2)c2ccccc2)cc1)Oc1c(F)c(F)c(F)c(I)c1F. The highest BCUT2D eigenvalue weighted by atomic mass is 127. The average Bonchev–Trinajstić information content (AvgIpc) is 2.90. The Kier molecular flexibility index (Phi) is 7.97. The molecule has 0 unspecified atom stereocenters. The van der Waals surface area contributed by atoms with Crippen LogP contribution in [0.1, 0.15) is 0 Å². The van der Waals surface area contributed by atoms with Crippen molar-refractivity contribution in [2.75, 3.05) is 6.61 Å². The van der Waals surface area contributed by atoms with Crippen LogP contribution in [-0.4, -0.2) is 12.6 Å². The maximum atomic E-state index is 14.1. The molecule has 3 nitrogen and oxygen atoms in total. The van der Waals surface area contributed by atoms with E-state index in [1.165, 1.54) is 0 Å². The molecule has 178 valence electrons. The number of esters is 1. The first-order chi connectivity index (χ1) is 16.9. The Labute approximate surface area is 215 Å². The monoisotopic (exact) mass is 611 g/mol. The Balaban J connectivity index is 1.48. The second kappa shape index (κ2) is 11.1. The quantitative estimate of drug-likeness (QED) is 0.0433. The van der Waals surface area contributed by atoms with E-state index in [0.29, 0.717) is 5.75 Å². The Morgan fingerprint density at radius 2 is 1.20 bits per heavy atom. The van der Waals surface area contributed by atoms with Gasteiger partial charge in [-0.05, 0) is 71.1 Å². The van der Waals surface area contributed by atoms with Gasteiger partial charge in [0.2, 0.25) is 11.6 Å². The first-order valence-corrected chi connectivity index (χ1v) is 12.5. The first-order valence-electron chi connectivity index (χ1n) is 10.2. The van der Waals surface area contributed by atoms with E-state index in [9.17, 15) is 22.4 Å². The summed E-state index contributed by atoms with van der Waals surface area (Å²) in [4.78, 5) is 15.3. The number of halogens is 5. The summed E-state index contributed by atoms with van der Waals surface area (Å²) in [5, 5.41) is 0. The van der Waals surface area contributed by atoms with Crippen molar-refractivity contribution in [1.82, 2.24) is 0 Å². The van der Waals surface area contributed by atoms with Crippen LogP contribution in [0.4, 0.5) is 17.6 Å². The molecule has 0 saturated carbocycles. The van der Waals surface area contributed by atoms with Crippen LogP contribution in [0.25, 0.3) is 0 Å². The fourth-order valence-corrected chi connectivity index (χ4v) is 5.72. The molecule has 4 rings (SSSR count). The van der Waals surface area contributed by atoms with Crippen molar-refractivity contribution in [1.29, 1.82) is 0 Å². The van der Waals surface area contributed by atoms with Gasteiger partial charge >= 0.3 is 5.97 Å². The molecule has 0 fully saturated rings. The molecule has 9 heteroatoms. The lowest BCUT2D eigenvalue weighted by Gasteiger charge is -2.11. The molecule has 0 saturated heterocycles. The molecule has 0 aromatic heterocycles. The topological polar surface area (TPSA) is 35.5 Å². The van der Waals surface area contributed by atoms with Crippen molar-refractivity contribution in [3.63, 3.8) is 0 Å². The minimum Gasteiger partial charge on any atom is -0.482 e. The van der Waals surface area contributed by atoms with Crippen LogP contribution in [0, 0.1) is 26.8 Å². The van der Waals surface area contributed by atoms with Gasteiger partial charge in [-0.1, -0.05) is 36.4 Å².